The van der Waals surface area contributed by atoms with Crippen LogP contribution in [0.4, 0.5) is 0 Å². The number of nitrogens with one attached hydrogen (secondary N) is 1. The SMILES string of the molecule is CCOP(=O)(NCP(=O)(Oc1ccccc1)Oc1ccccc1)OCC. The van der Waals surface area contributed by atoms with Crippen molar-refractivity contribution in [3.8, 4) is 11.5 Å². The third-order valence-corrected chi connectivity index (χ3v) is 6.55. The Kier molecular flexibility index (Phi) is 7.88. The van der Waals surface area contributed by atoms with Crippen LogP contribution in [0.3, 0.4) is 0 Å². The van der Waals surface area contributed by atoms with Crippen molar-refractivity contribution >= 4 is 15.3 Å². The number of hydrogen-bond acceptors (Lipinski definition) is 6. The van der Waals surface area contributed by atoms with Gasteiger partial charge in [-0.1, -0.05) is 36.4 Å². The minimum Gasteiger partial charge on any atom is -0.415 e. The fourth-order valence-corrected chi connectivity index (χ4v) is 5.38. The van der Waals surface area contributed by atoms with Gasteiger partial charge in [0.15, 0.2) is 0 Å². The fraction of sp³-hybridized carbons (Fsp3) is 0.294. The molecule has 0 radical (unpaired) electrons. The molecule has 1 N–H and O–H groups in total. The summed E-state index contributed by atoms with van der Waals surface area (Å²) in [7, 11) is -7.36. The lowest BCUT2D eigenvalue weighted by molar-refractivity contribution is 0.211. The van der Waals surface area contributed by atoms with Crippen molar-refractivity contribution in [2.45, 2.75) is 13.8 Å². The van der Waals surface area contributed by atoms with Crippen molar-refractivity contribution in [3.63, 3.8) is 0 Å². The summed E-state index contributed by atoms with van der Waals surface area (Å²) in [6, 6.07) is 17.3. The van der Waals surface area contributed by atoms with Gasteiger partial charge in [-0.15, -0.1) is 0 Å². The Morgan fingerprint density at radius 2 is 1.19 bits per heavy atom. The smallest absolute Gasteiger partial charge is 0.415 e. The van der Waals surface area contributed by atoms with Gasteiger partial charge in [-0.2, -0.15) is 0 Å². The first kappa shape index (κ1) is 20.7. The Balaban J connectivity index is 2.19. The van der Waals surface area contributed by atoms with Crippen LogP contribution in [0.25, 0.3) is 0 Å². The van der Waals surface area contributed by atoms with Gasteiger partial charge in [0.05, 0.1) is 13.2 Å². The molecule has 0 fully saturated rings. The molecule has 0 saturated carbocycles. The molecule has 0 aliphatic rings. The maximum absolute atomic E-state index is 13.3. The van der Waals surface area contributed by atoms with Crippen molar-refractivity contribution in [3.05, 3.63) is 60.7 Å². The van der Waals surface area contributed by atoms with E-state index >= 15 is 0 Å². The zero-order valence-corrected chi connectivity index (χ0v) is 16.5. The average Bonchev–Trinajstić information content (AvgIpc) is 2.62. The van der Waals surface area contributed by atoms with Crippen LogP contribution in [0.2, 0.25) is 0 Å². The van der Waals surface area contributed by atoms with E-state index in [-0.39, 0.29) is 19.5 Å². The third-order valence-electron chi connectivity index (χ3n) is 3.03. The van der Waals surface area contributed by atoms with Gasteiger partial charge in [-0.25, -0.2) is 14.2 Å². The predicted molar refractivity (Wildman–Crippen MR) is 101 cm³/mol. The van der Waals surface area contributed by atoms with E-state index in [1.54, 1.807) is 62.4 Å². The maximum Gasteiger partial charge on any atom is 0.444 e. The van der Waals surface area contributed by atoms with E-state index < -0.39 is 15.3 Å². The van der Waals surface area contributed by atoms with E-state index in [0.29, 0.717) is 11.5 Å². The van der Waals surface area contributed by atoms with Gasteiger partial charge in [-0.05, 0) is 38.1 Å². The van der Waals surface area contributed by atoms with Crippen LogP contribution in [0, 0.1) is 0 Å². The zero-order valence-electron chi connectivity index (χ0n) is 14.7. The second-order valence-electron chi connectivity index (χ2n) is 5.07. The summed E-state index contributed by atoms with van der Waals surface area (Å²) >= 11 is 0. The molecule has 0 aliphatic carbocycles. The summed E-state index contributed by atoms with van der Waals surface area (Å²) in [6.45, 7) is 3.73. The molecule has 0 bridgehead atoms. The minimum absolute atomic E-state index is 0.174. The van der Waals surface area contributed by atoms with Gasteiger partial charge in [0, 0.05) is 0 Å². The largest absolute Gasteiger partial charge is 0.444 e. The summed E-state index contributed by atoms with van der Waals surface area (Å²) in [5.74, 6) is 0.743. The highest BCUT2D eigenvalue weighted by molar-refractivity contribution is 7.57. The van der Waals surface area contributed by atoms with Crippen molar-refractivity contribution in [1.82, 2.24) is 5.09 Å². The quantitative estimate of drug-likeness (QED) is 0.529. The monoisotopic (exact) mass is 399 g/mol. The van der Waals surface area contributed by atoms with Gasteiger partial charge < -0.3 is 9.05 Å². The molecule has 2 aromatic rings. The second kappa shape index (κ2) is 9.91. The number of rotatable bonds is 11. The van der Waals surface area contributed by atoms with Crippen LogP contribution < -0.4 is 14.1 Å². The van der Waals surface area contributed by atoms with Gasteiger partial charge >= 0.3 is 15.3 Å². The molecule has 0 aliphatic heterocycles. The molecule has 7 nitrogen and oxygen atoms in total. The van der Waals surface area contributed by atoms with E-state index in [1.807, 2.05) is 12.1 Å². The average molecular weight is 399 g/mol. The number of para-hydroxylation sites is 2. The Morgan fingerprint density at radius 3 is 1.58 bits per heavy atom. The van der Waals surface area contributed by atoms with Gasteiger partial charge in [0.1, 0.15) is 17.8 Å². The standard InChI is InChI=1S/C17H23NO6P2/c1-3-21-26(20,22-4-2)18-15-25(19,23-16-11-7-5-8-12-16)24-17-13-9-6-10-14-17/h5-14H,3-4,15H2,1-2H3,(H,18,20). The zero-order chi connectivity index (χ0) is 18.9. The van der Waals surface area contributed by atoms with E-state index in [0.717, 1.165) is 0 Å². The molecule has 26 heavy (non-hydrogen) atoms. The maximum atomic E-state index is 13.3. The van der Waals surface area contributed by atoms with Crippen molar-refractivity contribution in [1.29, 1.82) is 0 Å². The Hall–Kier alpha value is -1.62. The first-order valence-electron chi connectivity index (χ1n) is 8.21. The summed E-state index contributed by atoms with van der Waals surface area (Å²) in [5, 5.41) is 2.58. The molecule has 2 aromatic carbocycles. The molecular weight excluding hydrogens is 376 g/mol. The highest BCUT2D eigenvalue weighted by Gasteiger charge is 2.34. The van der Waals surface area contributed by atoms with E-state index in [9.17, 15) is 9.13 Å². The molecule has 0 aromatic heterocycles. The highest BCUT2D eigenvalue weighted by Crippen LogP contribution is 2.52. The lowest BCUT2D eigenvalue weighted by Gasteiger charge is -2.23. The third kappa shape index (κ3) is 6.60. The molecule has 9 heteroatoms. The lowest BCUT2D eigenvalue weighted by Crippen LogP contribution is -2.20. The predicted octanol–water partition coefficient (Wildman–Crippen LogP) is 5.07. The molecule has 0 amide bonds. The fourth-order valence-electron chi connectivity index (χ4n) is 2.01. The van der Waals surface area contributed by atoms with Gasteiger partial charge in [0.2, 0.25) is 0 Å². The molecule has 0 saturated heterocycles. The van der Waals surface area contributed by atoms with Crippen LogP contribution in [0.5, 0.6) is 11.5 Å². The number of hydrogen-bond donors (Lipinski definition) is 1. The van der Waals surface area contributed by atoms with Gasteiger partial charge in [-0.3, -0.25) is 9.05 Å². The molecule has 2 rings (SSSR count). The van der Waals surface area contributed by atoms with Crippen LogP contribution >= 0.6 is 15.3 Å². The highest BCUT2D eigenvalue weighted by atomic mass is 31.2. The summed E-state index contributed by atoms with van der Waals surface area (Å²) in [6.07, 6.45) is -0.353. The van der Waals surface area contributed by atoms with Crippen molar-refractivity contribution in [2.24, 2.45) is 0 Å². The lowest BCUT2D eigenvalue weighted by atomic mass is 10.3. The van der Waals surface area contributed by atoms with Crippen LogP contribution in [-0.2, 0) is 18.2 Å². The molecular formula is C17H23NO6P2. The normalized spacial score (nSPS) is 11.9. The van der Waals surface area contributed by atoms with E-state index in [4.69, 9.17) is 18.1 Å². The molecule has 142 valence electrons. The molecule has 0 unspecified atom stereocenters. The van der Waals surface area contributed by atoms with Gasteiger partial charge in [0.25, 0.3) is 0 Å². The van der Waals surface area contributed by atoms with Crippen molar-refractivity contribution in [2.75, 3.05) is 19.5 Å². The summed E-state index contributed by atoms with van der Waals surface area (Å²) in [5.41, 5.74) is 0. The first-order valence-corrected chi connectivity index (χ1v) is 11.5. The summed E-state index contributed by atoms with van der Waals surface area (Å²) < 4.78 is 47.3. The molecule has 0 spiro atoms. The van der Waals surface area contributed by atoms with Crippen LogP contribution in [-0.4, -0.2) is 19.5 Å². The van der Waals surface area contributed by atoms with E-state index in [2.05, 4.69) is 5.09 Å². The number of benzene rings is 2. The molecule has 0 heterocycles. The Labute approximate surface area is 153 Å². The van der Waals surface area contributed by atoms with Crippen molar-refractivity contribution < 1.29 is 27.2 Å². The van der Waals surface area contributed by atoms with Crippen LogP contribution in [0.15, 0.2) is 60.7 Å². The van der Waals surface area contributed by atoms with Crippen LogP contribution in [0.1, 0.15) is 13.8 Å². The minimum atomic E-state index is -3.75. The Morgan fingerprint density at radius 1 is 0.769 bits per heavy atom. The van der Waals surface area contributed by atoms with E-state index in [1.165, 1.54) is 0 Å². The second-order valence-corrected chi connectivity index (χ2v) is 8.80. The first-order chi connectivity index (χ1) is 12.5. The topological polar surface area (TPSA) is 83.1 Å². The summed E-state index contributed by atoms with van der Waals surface area (Å²) in [4.78, 5) is 0. The molecule has 0 atom stereocenters. The Bertz CT molecular complexity index is 701.